The van der Waals surface area contributed by atoms with Gasteiger partial charge in [0.05, 0.1) is 4.90 Å². The van der Waals surface area contributed by atoms with Gasteiger partial charge in [0, 0.05) is 0 Å². The van der Waals surface area contributed by atoms with E-state index in [4.69, 9.17) is 9.15 Å². The molecule has 0 amide bonds. The summed E-state index contributed by atoms with van der Waals surface area (Å²) < 4.78 is 76.2. The lowest BCUT2D eigenvalue weighted by Crippen LogP contribution is -2.01. The van der Waals surface area contributed by atoms with Gasteiger partial charge in [0.25, 0.3) is 23.0 Å². The molecule has 0 aliphatic heterocycles. The first-order valence-corrected chi connectivity index (χ1v) is 7.34. The van der Waals surface area contributed by atoms with Crippen molar-refractivity contribution < 1.29 is 31.1 Å². The Bertz CT molecular complexity index is 878. The number of halogens is 5. The monoisotopic (exact) mass is 375 g/mol. The highest BCUT2D eigenvalue weighted by Crippen LogP contribution is 2.32. The molecule has 130 valence electrons. The Kier molecular flexibility index (Phi) is 4.83. The van der Waals surface area contributed by atoms with Gasteiger partial charge < -0.3 is 9.15 Å². The van der Waals surface area contributed by atoms with Gasteiger partial charge in [0.1, 0.15) is 11.6 Å². The van der Waals surface area contributed by atoms with E-state index < -0.39 is 34.2 Å². The molecule has 0 saturated carbocycles. The van der Waals surface area contributed by atoms with Crippen LogP contribution < -0.4 is 4.74 Å². The Morgan fingerprint density at radius 3 is 2.20 bits per heavy atom. The Labute approximate surface area is 140 Å². The predicted octanol–water partition coefficient (Wildman–Crippen LogP) is 3.89. The molecule has 2 heterocycles. The van der Waals surface area contributed by atoms with E-state index in [0.717, 1.165) is 0 Å². The van der Waals surface area contributed by atoms with Gasteiger partial charge in [-0.3, -0.25) is 0 Å². The largest absolute Gasteiger partial charge is 0.484 e. The van der Waals surface area contributed by atoms with Gasteiger partial charge in [-0.2, -0.15) is 13.8 Å². The molecule has 0 N–H and O–H groups in total. The van der Waals surface area contributed by atoms with Crippen LogP contribution in [0.2, 0.25) is 0 Å². The van der Waals surface area contributed by atoms with Crippen molar-refractivity contribution in [1.82, 2.24) is 15.2 Å². The Morgan fingerprint density at radius 2 is 1.56 bits per heavy atom. The van der Waals surface area contributed by atoms with Gasteiger partial charge in [-0.25, -0.2) is 13.2 Å². The quantitative estimate of drug-likeness (QED) is 0.498. The Morgan fingerprint density at radius 1 is 0.920 bits per heavy atom. The summed E-state index contributed by atoms with van der Waals surface area (Å²) in [7, 11) is 0. The summed E-state index contributed by atoms with van der Waals surface area (Å²) in [6, 6.07) is 5.11. The number of nitrogens with zero attached hydrogens (tertiary/aromatic N) is 3. The standard InChI is InChI=1S/C14H6F5N3O2S/c15-6-1-3-7(4-2-6)23-5-8-21-22-14(24-8)25-11-9(16)12(18)20-13(19)10(11)17/h1-4H,5H2. The smallest absolute Gasteiger partial charge is 0.281 e. The molecule has 0 saturated heterocycles. The van der Waals surface area contributed by atoms with Gasteiger partial charge in [-0.1, -0.05) is 0 Å². The average Bonchev–Trinajstić information content (AvgIpc) is 3.04. The molecular formula is C14H6F5N3O2S. The Hall–Kier alpha value is -2.69. The highest BCUT2D eigenvalue weighted by molar-refractivity contribution is 7.99. The molecule has 0 fully saturated rings. The average molecular weight is 375 g/mol. The van der Waals surface area contributed by atoms with Crippen molar-refractivity contribution in [2.24, 2.45) is 0 Å². The van der Waals surface area contributed by atoms with Gasteiger partial charge in [-0.15, -0.1) is 10.2 Å². The zero-order chi connectivity index (χ0) is 18.0. The second-order valence-electron chi connectivity index (χ2n) is 4.46. The third kappa shape index (κ3) is 3.87. The van der Waals surface area contributed by atoms with Gasteiger partial charge in [-0.05, 0) is 36.0 Å². The molecule has 0 bridgehead atoms. The normalized spacial score (nSPS) is 10.9. The molecule has 0 radical (unpaired) electrons. The van der Waals surface area contributed by atoms with E-state index in [2.05, 4.69) is 15.2 Å². The summed E-state index contributed by atoms with van der Waals surface area (Å²) in [6.07, 6.45) is 0. The second kappa shape index (κ2) is 7.05. The van der Waals surface area contributed by atoms with E-state index in [1.165, 1.54) is 24.3 Å². The van der Waals surface area contributed by atoms with Crippen LogP contribution in [-0.2, 0) is 6.61 Å². The number of aromatic nitrogens is 3. The molecule has 0 atom stereocenters. The molecule has 25 heavy (non-hydrogen) atoms. The topological polar surface area (TPSA) is 61.0 Å². The van der Waals surface area contributed by atoms with Crippen LogP contribution in [-0.4, -0.2) is 15.2 Å². The van der Waals surface area contributed by atoms with Crippen LogP contribution in [0, 0.1) is 29.3 Å². The fraction of sp³-hybridized carbons (Fsp3) is 0.0714. The molecule has 2 aromatic heterocycles. The van der Waals surface area contributed by atoms with E-state index in [0.29, 0.717) is 5.75 Å². The second-order valence-corrected chi connectivity index (χ2v) is 5.42. The summed E-state index contributed by atoms with van der Waals surface area (Å²) >= 11 is 0.198. The van der Waals surface area contributed by atoms with E-state index in [1.807, 2.05) is 0 Å². The lowest BCUT2D eigenvalue weighted by Gasteiger charge is -2.03. The number of pyridine rings is 1. The lowest BCUT2D eigenvalue weighted by molar-refractivity contribution is 0.252. The van der Waals surface area contributed by atoms with Crippen LogP contribution in [0.5, 0.6) is 5.75 Å². The maximum absolute atomic E-state index is 13.5. The van der Waals surface area contributed by atoms with Crippen molar-refractivity contribution in [1.29, 1.82) is 0 Å². The Balaban J connectivity index is 1.71. The van der Waals surface area contributed by atoms with Crippen molar-refractivity contribution in [3.05, 3.63) is 59.5 Å². The summed E-state index contributed by atoms with van der Waals surface area (Å²) in [4.78, 5) is 1.44. The maximum Gasteiger partial charge on any atom is 0.281 e. The van der Waals surface area contributed by atoms with Crippen LogP contribution in [0.3, 0.4) is 0 Å². The molecule has 1 aromatic carbocycles. The summed E-state index contributed by atoms with van der Waals surface area (Å²) in [5.41, 5.74) is 0. The molecule has 0 aliphatic carbocycles. The predicted molar refractivity (Wildman–Crippen MR) is 73.2 cm³/mol. The molecule has 0 unspecified atom stereocenters. The number of ether oxygens (including phenoxy) is 1. The first kappa shape index (κ1) is 17.1. The van der Waals surface area contributed by atoms with Crippen molar-refractivity contribution in [2.75, 3.05) is 0 Å². The number of rotatable bonds is 5. The van der Waals surface area contributed by atoms with E-state index in [-0.39, 0.29) is 29.5 Å². The highest BCUT2D eigenvalue weighted by atomic mass is 32.2. The van der Waals surface area contributed by atoms with E-state index >= 15 is 0 Å². The molecule has 0 aliphatic rings. The van der Waals surface area contributed by atoms with Crippen LogP contribution in [0.1, 0.15) is 5.89 Å². The SMILES string of the molecule is Fc1ccc(OCc2nnc(Sc3c(F)c(F)nc(F)c3F)o2)cc1. The van der Waals surface area contributed by atoms with Crippen LogP contribution >= 0.6 is 11.8 Å². The minimum Gasteiger partial charge on any atom is -0.484 e. The zero-order valence-electron chi connectivity index (χ0n) is 12.0. The highest BCUT2D eigenvalue weighted by Gasteiger charge is 2.23. The van der Waals surface area contributed by atoms with Crippen molar-refractivity contribution in [3.63, 3.8) is 0 Å². The van der Waals surface area contributed by atoms with Gasteiger partial charge >= 0.3 is 0 Å². The van der Waals surface area contributed by atoms with Crippen LogP contribution in [0.4, 0.5) is 22.0 Å². The van der Waals surface area contributed by atoms with Gasteiger partial charge in [0.15, 0.2) is 18.2 Å². The van der Waals surface area contributed by atoms with Crippen molar-refractivity contribution in [3.8, 4) is 5.75 Å². The first-order valence-electron chi connectivity index (χ1n) is 6.52. The van der Waals surface area contributed by atoms with Crippen LogP contribution in [0.15, 0.2) is 38.8 Å². The van der Waals surface area contributed by atoms with Crippen LogP contribution in [0.25, 0.3) is 0 Å². The molecule has 0 spiro atoms. The third-order valence-corrected chi connectivity index (χ3v) is 3.67. The van der Waals surface area contributed by atoms with Gasteiger partial charge in [0.2, 0.25) is 0 Å². The molecule has 3 aromatic rings. The maximum atomic E-state index is 13.5. The summed E-state index contributed by atoms with van der Waals surface area (Å²) in [6.45, 7) is -0.205. The van der Waals surface area contributed by atoms with Crippen molar-refractivity contribution in [2.45, 2.75) is 16.7 Å². The molecule has 5 nitrogen and oxygen atoms in total. The van der Waals surface area contributed by atoms with E-state index in [1.54, 1.807) is 0 Å². The fourth-order valence-electron chi connectivity index (χ4n) is 1.66. The molecule has 3 rings (SSSR count). The minimum absolute atomic E-state index is 0.0670. The lowest BCUT2D eigenvalue weighted by atomic mass is 10.3. The molecule has 11 heteroatoms. The number of hydrogen-bond donors (Lipinski definition) is 0. The van der Waals surface area contributed by atoms with E-state index in [9.17, 15) is 22.0 Å². The fourth-order valence-corrected chi connectivity index (χ4v) is 2.40. The third-order valence-electron chi connectivity index (χ3n) is 2.77. The van der Waals surface area contributed by atoms with Crippen molar-refractivity contribution >= 4 is 11.8 Å². The minimum atomic E-state index is -1.79. The number of benzene rings is 1. The zero-order valence-corrected chi connectivity index (χ0v) is 12.8. The summed E-state index contributed by atoms with van der Waals surface area (Å²) in [5.74, 6) is -7.12. The number of hydrogen-bond acceptors (Lipinski definition) is 6. The summed E-state index contributed by atoms with van der Waals surface area (Å²) in [5, 5.41) is 6.69. The molecular weight excluding hydrogens is 369 g/mol. The first-order chi connectivity index (χ1) is 11.9.